The summed E-state index contributed by atoms with van der Waals surface area (Å²) in [6.07, 6.45) is 2.10. The van der Waals surface area contributed by atoms with Crippen LogP contribution in [0, 0.1) is 0 Å². The number of benzene rings is 1. The highest BCUT2D eigenvalue weighted by Gasteiger charge is 2.25. The first kappa shape index (κ1) is 10.5. The molecular formula is C14H15N2O. The highest BCUT2D eigenvalue weighted by Crippen LogP contribution is 2.25. The van der Waals surface area contributed by atoms with Gasteiger partial charge in [0.05, 0.1) is 11.6 Å². The van der Waals surface area contributed by atoms with Gasteiger partial charge < -0.3 is 4.90 Å². The number of fused-ring (bicyclic) bond motifs is 1. The van der Waals surface area contributed by atoms with Crippen LogP contribution in [0.5, 0.6) is 0 Å². The van der Waals surface area contributed by atoms with Crippen LogP contribution >= 0.6 is 0 Å². The van der Waals surface area contributed by atoms with E-state index in [4.69, 9.17) is 0 Å². The van der Waals surface area contributed by atoms with E-state index in [9.17, 15) is 5.11 Å². The number of hydrogen-bond acceptors (Lipinski definition) is 2. The summed E-state index contributed by atoms with van der Waals surface area (Å²) < 4.78 is 0. The zero-order valence-electron chi connectivity index (χ0n) is 9.67. The fourth-order valence-corrected chi connectivity index (χ4v) is 2.53. The monoisotopic (exact) mass is 227 g/mol. The van der Waals surface area contributed by atoms with E-state index < -0.39 is 0 Å². The van der Waals surface area contributed by atoms with Crippen molar-refractivity contribution in [2.45, 2.75) is 18.9 Å². The second-order valence-corrected chi connectivity index (χ2v) is 4.52. The van der Waals surface area contributed by atoms with Crippen molar-refractivity contribution in [3.63, 3.8) is 0 Å². The second kappa shape index (κ2) is 4.34. The van der Waals surface area contributed by atoms with Crippen LogP contribution in [0.1, 0.15) is 12.8 Å². The Balaban J connectivity index is 2.00. The van der Waals surface area contributed by atoms with Gasteiger partial charge in [0.2, 0.25) is 0 Å². The predicted molar refractivity (Wildman–Crippen MR) is 67.7 cm³/mol. The van der Waals surface area contributed by atoms with Crippen LogP contribution in [-0.2, 0) is 5.11 Å². The number of nitrogens with zero attached hydrogens (tertiary/aromatic N) is 2. The Morgan fingerprint density at radius 2 is 2.12 bits per heavy atom. The molecule has 0 amide bonds. The lowest BCUT2D eigenvalue weighted by Gasteiger charge is -2.23. The lowest BCUT2D eigenvalue weighted by Crippen LogP contribution is -2.32. The van der Waals surface area contributed by atoms with Crippen LogP contribution in [0.4, 0.5) is 5.82 Å². The van der Waals surface area contributed by atoms with E-state index in [1.54, 1.807) is 0 Å². The first-order valence-corrected chi connectivity index (χ1v) is 6.09. The molecule has 2 aromatic rings. The van der Waals surface area contributed by atoms with E-state index in [-0.39, 0.29) is 12.6 Å². The summed E-state index contributed by atoms with van der Waals surface area (Å²) in [5.74, 6) is 0.946. The summed E-state index contributed by atoms with van der Waals surface area (Å²) in [7, 11) is 0. The average Bonchev–Trinajstić information content (AvgIpc) is 2.86. The minimum absolute atomic E-state index is 0.0332. The molecule has 0 saturated carbocycles. The molecular weight excluding hydrogens is 212 g/mol. The molecule has 0 N–H and O–H groups in total. The summed E-state index contributed by atoms with van der Waals surface area (Å²) in [6, 6.07) is 12.3. The molecule has 1 aliphatic heterocycles. The number of rotatable bonds is 2. The standard InChI is InChI=1S/C14H15N2O/c17-10-12-5-3-9-16(12)14-8-7-11-4-1-2-6-13(11)15-14/h1-2,4,6-8,12H,3,5,9-10H2. The number of hydrogen-bond donors (Lipinski definition) is 0. The van der Waals surface area contributed by atoms with Crippen molar-refractivity contribution in [1.82, 2.24) is 4.98 Å². The van der Waals surface area contributed by atoms with Gasteiger partial charge in [-0.2, -0.15) is 0 Å². The van der Waals surface area contributed by atoms with E-state index >= 15 is 0 Å². The lowest BCUT2D eigenvalue weighted by molar-refractivity contribution is 0.173. The van der Waals surface area contributed by atoms with Crippen LogP contribution < -0.4 is 4.90 Å². The number of pyridine rings is 1. The maximum Gasteiger partial charge on any atom is 0.129 e. The molecule has 3 heteroatoms. The van der Waals surface area contributed by atoms with Crippen molar-refractivity contribution in [2.24, 2.45) is 0 Å². The number of anilines is 1. The molecule has 3 nitrogen and oxygen atoms in total. The third kappa shape index (κ3) is 1.87. The molecule has 0 spiro atoms. The Labute approximate surface area is 101 Å². The van der Waals surface area contributed by atoms with E-state index in [0.29, 0.717) is 0 Å². The number of aromatic nitrogens is 1. The minimum atomic E-state index is -0.0332. The van der Waals surface area contributed by atoms with E-state index in [2.05, 4.69) is 22.0 Å². The maximum atomic E-state index is 11.1. The lowest BCUT2D eigenvalue weighted by atomic mass is 10.2. The molecule has 1 saturated heterocycles. The molecule has 1 aromatic carbocycles. The summed E-state index contributed by atoms with van der Waals surface area (Å²) in [5, 5.41) is 12.3. The van der Waals surface area contributed by atoms with E-state index in [1.165, 1.54) is 0 Å². The Morgan fingerprint density at radius 1 is 1.24 bits per heavy atom. The molecule has 0 bridgehead atoms. The zero-order chi connectivity index (χ0) is 11.7. The summed E-state index contributed by atoms with van der Waals surface area (Å²) in [4.78, 5) is 6.79. The Hall–Kier alpha value is -1.61. The van der Waals surface area contributed by atoms with Gasteiger partial charge in [0.25, 0.3) is 0 Å². The van der Waals surface area contributed by atoms with Crippen LogP contribution in [-0.4, -0.2) is 24.2 Å². The maximum absolute atomic E-state index is 11.1. The average molecular weight is 227 g/mol. The van der Waals surface area contributed by atoms with Gasteiger partial charge in [-0.25, -0.2) is 10.1 Å². The zero-order valence-corrected chi connectivity index (χ0v) is 9.67. The highest BCUT2D eigenvalue weighted by atomic mass is 16.3. The van der Waals surface area contributed by atoms with Gasteiger partial charge in [-0.3, -0.25) is 0 Å². The molecule has 3 rings (SSSR count). The number of para-hydroxylation sites is 1. The summed E-state index contributed by atoms with van der Waals surface area (Å²) in [6.45, 7) is 0.923. The first-order valence-electron chi connectivity index (χ1n) is 6.09. The Morgan fingerprint density at radius 3 is 3.00 bits per heavy atom. The molecule has 1 aliphatic rings. The van der Waals surface area contributed by atoms with Crippen molar-refractivity contribution in [2.75, 3.05) is 18.1 Å². The van der Waals surface area contributed by atoms with Crippen molar-refractivity contribution in [3.8, 4) is 0 Å². The van der Waals surface area contributed by atoms with Crippen LogP contribution in [0.3, 0.4) is 0 Å². The van der Waals surface area contributed by atoms with E-state index in [0.717, 1.165) is 36.1 Å². The van der Waals surface area contributed by atoms with Crippen LogP contribution in [0.2, 0.25) is 0 Å². The molecule has 1 radical (unpaired) electrons. The van der Waals surface area contributed by atoms with Gasteiger partial charge in [-0.15, -0.1) is 0 Å². The van der Waals surface area contributed by atoms with Crippen LogP contribution in [0.25, 0.3) is 10.9 Å². The van der Waals surface area contributed by atoms with Gasteiger partial charge >= 0.3 is 0 Å². The van der Waals surface area contributed by atoms with Crippen molar-refractivity contribution in [1.29, 1.82) is 0 Å². The molecule has 87 valence electrons. The third-order valence-corrected chi connectivity index (χ3v) is 3.45. The third-order valence-electron chi connectivity index (χ3n) is 3.45. The Bertz CT molecular complexity index is 526. The fraction of sp³-hybridized carbons (Fsp3) is 0.357. The second-order valence-electron chi connectivity index (χ2n) is 4.52. The van der Waals surface area contributed by atoms with Gasteiger partial charge in [0, 0.05) is 11.9 Å². The fourth-order valence-electron chi connectivity index (χ4n) is 2.53. The van der Waals surface area contributed by atoms with Gasteiger partial charge in [0.1, 0.15) is 12.4 Å². The smallest absolute Gasteiger partial charge is 0.129 e. The van der Waals surface area contributed by atoms with Crippen molar-refractivity contribution < 1.29 is 5.11 Å². The minimum Gasteiger partial charge on any atom is -0.351 e. The quantitative estimate of drug-likeness (QED) is 0.790. The molecule has 1 unspecified atom stereocenters. The first-order chi connectivity index (χ1) is 8.38. The van der Waals surface area contributed by atoms with Gasteiger partial charge in [-0.05, 0) is 31.0 Å². The summed E-state index contributed by atoms with van der Waals surface area (Å²) in [5.41, 5.74) is 1.00. The highest BCUT2D eigenvalue weighted by molar-refractivity contribution is 5.80. The van der Waals surface area contributed by atoms with Crippen molar-refractivity contribution >= 4 is 16.7 Å². The van der Waals surface area contributed by atoms with Crippen LogP contribution in [0.15, 0.2) is 36.4 Å². The van der Waals surface area contributed by atoms with Crippen molar-refractivity contribution in [3.05, 3.63) is 36.4 Å². The Kier molecular flexibility index (Phi) is 2.69. The molecule has 1 atom stereocenters. The SMILES string of the molecule is [O]CC1CCCN1c1ccc2ccccc2n1. The summed E-state index contributed by atoms with van der Waals surface area (Å²) >= 11 is 0. The topological polar surface area (TPSA) is 36.0 Å². The normalized spacial score (nSPS) is 20.1. The van der Waals surface area contributed by atoms with Gasteiger partial charge in [0.15, 0.2) is 0 Å². The largest absolute Gasteiger partial charge is 0.351 e. The van der Waals surface area contributed by atoms with E-state index in [1.807, 2.05) is 24.3 Å². The molecule has 2 heterocycles. The predicted octanol–water partition coefficient (Wildman–Crippen LogP) is 2.63. The van der Waals surface area contributed by atoms with Gasteiger partial charge in [-0.1, -0.05) is 18.2 Å². The molecule has 17 heavy (non-hydrogen) atoms. The molecule has 1 aromatic heterocycles. The molecule has 1 fully saturated rings. The molecule has 0 aliphatic carbocycles.